The van der Waals surface area contributed by atoms with E-state index < -0.39 is 25.2 Å². The third kappa shape index (κ3) is 8.04. The molecule has 0 radical (unpaired) electrons. The van der Waals surface area contributed by atoms with Crippen LogP contribution in [0.5, 0.6) is 0 Å². The molecular formula is C13H33IO3Si3. The summed E-state index contributed by atoms with van der Waals surface area (Å²) in [4.78, 5) is 0. The molecule has 3 nitrogen and oxygen atoms in total. The summed E-state index contributed by atoms with van der Waals surface area (Å²) in [6.07, 6.45) is 0. The van der Waals surface area contributed by atoms with Gasteiger partial charge in [-0.25, -0.2) is 0 Å². The monoisotopic (exact) mass is 448 g/mol. The smallest absolute Gasteiger partial charge is 0.321 e. The molecule has 0 heterocycles. The van der Waals surface area contributed by atoms with E-state index >= 15 is 0 Å². The Kier molecular flexibility index (Phi) is 6.81. The first-order chi connectivity index (χ1) is 8.37. The first-order valence-corrected chi connectivity index (χ1v) is 17.4. The first kappa shape index (κ1) is 21.3. The van der Waals surface area contributed by atoms with Crippen molar-refractivity contribution in [1.29, 1.82) is 0 Å². The predicted octanol–water partition coefficient (Wildman–Crippen LogP) is 5.27. The minimum Gasteiger partial charge on any atom is -0.436 e. The Morgan fingerprint density at radius 1 is 0.750 bits per heavy atom. The largest absolute Gasteiger partial charge is 0.436 e. The molecule has 0 aliphatic heterocycles. The fourth-order valence-corrected chi connectivity index (χ4v) is 14.4. The molecule has 0 aromatic carbocycles. The molecule has 122 valence electrons. The SMILES string of the molecule is CC(C)(I)O[Si](C)(C)C(C)(C)O[Si](C)(C)O[Si](C)(C)C. The lowest BCUT2D eigenvalue weighted by molar-refractivity contribution is 0.0949. The fourth-order valence-electron chi connectivity index (χ4n) is 2.23. The Balaban J connectivity index is 5.05. The van der Waals surface area contributed by atoms with Gasteiger partial charge in [0.15, 0.2) is 8.32 Å². The standard InChI is InChI=1S/C13H33IO3Si3/c1-12(2,14)15-19(8,9)13(3,4)16-20(10,11)17-18(5,6)7/h1-11H3. The summed E-state index contributed by atoms with van der Waals surface area (Å²) in [5.74, 6) is 0. The zero-order valence-electron chi connectivity index (χ0n) is 15.1. The maximum absolute atomic E-state index is 6.50. The summed E-state index contributed by atoms with van der Waals surface area (Å²) in [5, 5.41) is -0.273. The van der Waals surface area contributed by atoms with Crippen molar-refractivity contribution in [2.45, 2.75) is 82.4 Å². The fraction of sp³-hybridized carbons (Fsp3) is 1.00. The number of rotatable bonds is 7. The zero-order chi connectivity index (χ0) is 16.6. The van der Waals surface area contributed by atoms with Gasteiger partial charge in [0, 0.05) is 0 Å². The van der Waals surface area contributed by atoms with Crippen LogP contribution in [-0.4, -0.2) is 34.0 Å². The Labute approximate surface area is 142 Å². The number of hydrogen-bond acceptors (Lipinski definition) is 3. The van der Waals surface area contributed by atoms with Gasteiger partial charge in [-0.2, -0.15) is 0 Å². The van der Waals surface area contributed by atoms with E-state index in [1.807, 2.05) is 0 Å². The highest BCUT2D eigenvalue weighted by Gasteiger charge is 2.49. The van der Waals surface area contributed by atoms with Crippen LogP contribution in [0.4, 0.5) is 0 Å². The number of halogens is 1. The van der Waals surface area contributed by atoms with Gasteiger partial charge < -0.3 is 13.0 Å². The van der Waals surface area contributed by atoms with Gasteiger partial charge in [-0.05, 0) is 96.1 Å². The van der Waals surface area contributed by atoms with E-state index in [4.69, 9.17) is 13.0 Å². The lowest BCUT2D eigenvalue weighted by atomic mass is 10.5. The number of alkyl halides is 1. The van der Waals surface area contributed by atoms with E-state index in [1.165, 1.54) is 0 Å². The minimum atomic E-state index is -2.15. The normalized spacial score (nSPS) is 15.6. The second-order valence-electron chi connectivity index (χ2n) is 8.20. The first-order valence-electron chi connectivity index (χ1n) is 7.16. The van der Waals surface area contributed by atoms with E-state index in [0.29, 0.717) is 0 Å². The average Bonchev–Trinajstić information content (AvgIpc) is 1.88. The van der Waals surface area contributed by atoms with Crippen LogP contribution in [0.15, 0.2) is 0 Å². The molecule has 0 atom stereocenters. The van der Waals surface area contributed by atoms with Gasteiger partial charge in [-0.15, -0.1) is 0 Å². The lowest BCUT2D eigenvalue weighted by Gasteiger charge is -2.46. The molecule has 0 aliphatic carbocycles. The van der Waals surface area contributed by atoms with Gasteiger partial charge in [-0.3, -0.25) is 0 Å². The van der Waals surface area contributed by atoms with Crippen molar-refractivity contribution >= 4 is 47.8 Å². The lowest BCUT2D eigenvalue weighted by Crippen LogP contribution is -2.62. The molecular weight excluding hydrogens is 415 g/mol. The molecule has 0 saturated carbocycles. The van der Waals surface area contributed by atoms with Crippen molar-refractivity contribution in [1.82, 2.24) is 0 Å². The molecule has 7 heteroatoms. The molecule has 0 aromatic heterocycles. The summed E-state index contributed by atoms with van der Waals surface area (Å²) in [6.45, 7) is 23.9. The van der Waals surface area contributed by atoms with Crippen molar-refractivity contribution in [3.05, 3.63) is 0 Å². The summed E-state index contributed by atoms with van der Waals surface area (Å²) in [6, 6.07) is 0. The molecule has 0 bridgehead atoms. The van der Waals surface area contributed by atoms with Gasteiger partial charge >= 0.3 is 8.56 Å². The highest BCUT2D eigenvalue weighted by Crippen LogP contribution is 2.35. The molecule has 20 heavy (non-hydrogen) atoms. The molecule has 0 aliphatic rings. The third-order valence-electron chi connectivity index (χ3n) is 3.00. The summed E-state index contributed by atoms with van der Waals surface area (Å²) >= 11 is 2.35. The van der Waals surface area contributed by atoms with Crippen molar-refractivity contribution in [2.75, 3.05) is 0 Å². The van der Waals surface area contributed by atoms with Crippen molar-refractivity contribution in [3.8, 4) is 0 Å². The topological polar surface area (TPSA) is 27.7 Å². The molecule has 0 saturated heterocycles. The minimum absolute atomic E-state index is 0.167. The van der Waals surface area contributed by atoms with Crippen LogP contribution in [0, 0.1) is 0 Å². The van der Waals surface area contributed by atoms with Crippen LogP contribution in [-0.2, 0) is 13.0 Å². The van der Waals surface area contributed by atoms with Crippen molar-refractivity contribution in [2.24, 2.45) is 0 Å². The molecule has 0 amide bonds. The van der Waals surface area contributed by atoms with Crippen LogP contribution >= 0.6 is 22.6 Å². The van der Waals surface area contributed by atoms with Crippen LogP contribution in [0.3, 0.4) is 0 Å². The van der Waals surface area contributed by atoms with E-state index in [0.717, 1.165) is 0 Å². The molecule has 0 spiro atoms. The quantitative estimate of drug-likeness (QED) is 0.302. The molecule has 0 N–H and O–H groups in total. The highest BCUT2D eigenvalue weighted by atomic mass is 127. The van der Waals surface area contributed by atoms with Crippen LogP contribution < -0.4 is 0 Å². The van der Waals surface area contributed by atoms with Gasteiger partial charge in [0.2, 0.25) is 8.32 Å². The zero-order valence-corrected chi connectivity index (χ0v) is 20.3. The van der Waals surface area contributed by atoms with Gasteiger partial charge in [0.1, 0.15) is 3.61 Å². The average molecular weight is 449 g/mol. The van der Waals surface area contributed by atoms with E-state index in [1.54, 1.807) is 0 Å². The Morgan fingerprint density at radius 2 is 1.15 bits per heavy atom. The molecule has 0 aromatic rings. The van der Waals surface area contributed by atoms with Crippen LogP contribution in [0.25, 0.3) is 0 Å². The maximum Gasteiger partial charge on any atom is 0.321 e. The third-order valence-corrected chi connectivity index (χ3v) is 13.3. The van der Waals surface area contributed by atoms with Crippen molar-refractivity contribution < 1.29 is 13.0 Å². The predicted molar refractivity (Wildman–Crippen MR) is 104 cm³/mol. The Bertz CT molecular complexity index is 331. The van der Waals surface area contributed by atoms with E-state index in [9.17, 15) is 0 Å². The highest BCUT2D eigenvalue weighted by molar-refractivity contribution is 14.1. The summed E-state index contributed by atoms with van der Waals surface area (Å²) < 4.78 is 19.0. The Hall–Kier alpha value is 1.26. The summed E-state index contributed by atoms with van der Waals surface area (Å²) in [5.41, 5.74) is 0. The number of hydrogen-bond donors (Lipinski definition) is 0. The second-order valence-corrected chi connectivity index (χ2v) is 23.3. The van der Waals surface area contributed by atoms with Gasteiger partial charge in [-0.1, -0.05) is 0 Å². The summed E-state index contributed by atoms with van der Waals surface area (Å²) in [7, 11) is -5.74. The maximum atomic E-state index is 6.50. The van der Waals surface area contributed by atoms with Gasteiger partial charge in [0.05, 0.1) is 5.22 Å². The molecule has 0 unspecified atom stereocenters. The molecule has 0 rings (SSSR count). The van der Waals surface area contributed by atoms with E-state index in [-0.39, 0.29) is 8.83 Å². The van der Waals surface area contributed by atoms with Gasteiger partial charge in [0.25, 0.3) is 0 Å². The Morgan fingerprint density at radius 3 is 1.45 bits per heavy atom. The van der Waals surface area contributed by atoms with Crippen LogP contribution in [0.2, 0.25) is 45.8 Å². The second kappa shape index (κ2) is 6.40. The van der Waals surface area contributed by atoms with E-state index in [2.05, 4.69) is 96.1 Å². The molecule has 0 fully saturated rings. The van der Waals surface area contributed by atoms with Crippen molar-refractivity contribution in [3.63, 3.8) is 0 Å². The van der Waals surface area contributed by atoms with Crippen LogP contribution in [0.1, 0.15) is 27.7 Å².